The summed E-state index contributed by atoms with van der Waals surface area (Å²) in [6, 6.07) is 11.1. The number of ether oxygens (including phenoxy) is 2. The summed E-state index contributed by atoms with van der Waals surface area (Å²) in [5.74, 6) is 2.31. The lowest BCUT2D eigenvalue weighted by molar-refractivity contribution is -0.118. The van der Waals surface area contributed by atoms with Crippen LogP contribution in [0, 0.1) is 0 Å². The Hall–Kier alpha value is -2.72. The normalized spacial score (nSPS) is 10.5. The standard InChI is InChI=1S/C18H20N4O4S2/c1-24-14-6-2-3-7-15(14)26-10-8-19-16(23)12-27-18-22-21-17(28-18)20-11-13-5-4-9-25-13/h2-7,9H,8,10-12H2,1H3,(H,19,23)(H,20,21). The SMILES string of the molecule is COc1ccccc1OCCNC(=O)CSc1nnc(NCc2ccco2)s1. The summed E-state index contributed by atoms with van der Waals surface area (Å²) < 4.78 is 16.8. The number of anilines is 1. The summed E-state index contributed by atoms with van der Waals surface area (Å²) in [5, 5.41) is 14.7. The molecule has 2 heterocycles. The number of amides is 1. The molecule has 2 N–H and O–H groups in total. The Kier molecular flexibility index (Phi) is 7.56. The molecule has 0 aliphatic heterocycles. The van der Waals surface area contributed by atoms with Crippen molar-refractivity contribution >= 4 is 34.1 Å². The van der Waals surface area contributed by atoms with Crippen LogP contribution in [0.1, 0.15) is 5.76 Å². The molecule has 3 rings (SSSR count). The zero-order valence-corrected chi connectivity index (χ0v) is 16.8. The van der Waals surface area contributed by atoms with Gasteiger partial charge in [0.2, 0.25) is 11.0 Å². The molecular weight excluding hydrogens is 400 g/mol. The Bertz CT molecular complexity index is 870. The first-order valence-corrected chi connectivity index (χ1v) is 10.3. The van der Waals surface area contributed by atoms with E-state index in [0.717, 1.165) is 10.1 Å². The summed E-state index contributed by atoms with van der Waals surface area (Å²) in [4.78, 5) is 12.0. The minimum absolute atomic E-state index is 0.0890. The fourth-order valence-corrected chi connectivity index (χ4v) is 3.76. The van der Waals surface area contributed by atoms with Crippen molar-refractivity contribution < 1.29 is 18.7 Å². The van der Waals surface area contributed by atoms with Gasteiger partial charge in [-0.1, -0.05) is 35.2 Å². The topological polar surface area (TPSA) is 98.5 Å². The van der Waals surface area contributed by atoms with Crippen LogP contribution in [0.15, 0.2) is 51.4 Å². The average molecular weight is 421 g/mol. The van der Waals surface area contributed by atoms with E-state index < -0.39 is 0 Å². The lowest BCUT2D eigenvalue weighted by Gasteiger charge is -2.10. The van der Waals surface area contributed by atoms with Gasteiger partial charge in [0.1, 0.15) is 12.4 Å². The van der Waals surface area contributed by atoms with Crippen LogP contribution in [0.4, 0.5) is 5.13 Å². The van der Waals surface area contributed by atoms with Crippen molar-refractivity contribution in [3.8, 4) is 11.5 Å². The number of thioether (sulfide) groups is 1. The lowest BCUT2D eigenvalue weighted by Crippen LogP contribution is -2.29. The number of carbonyl (C=O) groups excluding carboxylic acids is 1. The molecule has 1 aromatic carbocycles. The van der Waals surface area contributed by atoms with Crippen LogP contribution in [0.2, 0.25) is 0 Å². The highest BCUT2D eigenvalue weighted by molar-refractivity contribution is 8.01. The summed E-state index contributed by atoms with van der Waals surface area (Å²) in [5.41, 5.74) is 0. The molecule has 148 valence electrons. The number of furan rings is 1. The summed E-state index contributed by atoms with van der Waals surface area (Å²) in [6.07, 6.45) is 1.62. The second-order valence-corrected chi connectivity index (χ2v) is 7.64. The Balaban J connectivity index is 1.32. The Labute approximate surface area is 170 Å². The minimum Gasteiger partial charge on any atom is -0.493 e. The van der Waals surface area contributed by atoms with Gasteiger partial charge in [-0.05, 0) is 24.3 Å². The van der Waals surface area contributed by atoms with Crippen LogP contribution < -0.4 is 20.1 Å². The Morgan fingerprint density at radius 2 is 2.07 bits per heavy atom. The van der Waals surface area contributed by atoms with E-state index in [1.807, 2.05) is 36.4 Å². The molecule has 0 spiro atoms. The van der Waals surface area contributed by atoms with Crippen LogP contribution in [0.25, 0.3) is 0 Å². The molecule has 0 saturated carbocycles. The largest absolute Gasteiger partial charge is 0.493 e. The molecule has 0 radical (unpaired) electrons. The van der Waals surface area contributed by atoms with Gasteiger partial charge < -0.3 is 24.5 Å². The first kappa shape index (κ1) is 20.0. The zero-order chi connectivity index (χ0) is 19.6. The number of hydrogen-bond acceptors (Lipinski definition) is 9. The number of nitrogens with zero attached hydrogens (tertiary/aromatic N) is 2. The first-order chi connectivity index (χ1) is 13.7. The van der Waals surface area contributed by atoms with Crippen molar-refractivity contribution in [1.82, 2.24) is 15.5 Å². The van der Waals surface area contributed by atoms with Crippen molar-refractivity contribution in [1.29, 1.82) is 0 Å². The second kappa shape index (κ2) is 10.6. The molecule has 0 bridgehead atoms. The van der Waals surface area contributed by atoms with Crippen molar-refractivity contribution in [2.24, 2.45) is 0 Å². The lowest BCUT2D eigenvalue weighted by atomic mass is 10.3. The number of benzene rings is 1. The van der Waals surface area contributed by atoms with E-state index in [2.05, 4.69) is 20.8 Å². The highest BCUT2D eigenvalue weighted by Gasteiger charge is 2.09. The van der Waals surface area contributed by atoms with Crippen LogP contribution >= 0.6 is 23.1 Å². The Morgan fingerprint density at radius 1 is 1.21 bits per heavy atom. The number of aromatic nitrogens is 2. The molecule has 0 unspecified atom stereocenters. The minimum atomic E-state index is -0.0890. The van der Waals surface area contributed by atoms with Gasteiger partial charge in [-0.25, -0.2) is 0 Å². The third kappa shape index (κ3) is 6.17. The van der Waals surface area contributed by atoms with E-state index >= 15 is 0 Å². The highest BCUT2D eigenvalue weighted by Crippen LogP contribution is 2.26. The molecule has 2 aromatic heterocycles. The number of para-hydroxylation sites is 2. The van der Waals surface area contributed by atoms with Gasteiger partial charge in [-0.2, -0.15) is 0 Å². The van der Waals surface area contributed by atoms with Crippen molar-refractivity contribution in [2.75, 3.05) is 31.3 Å². The third-order valence-corrected chi connectivity index (χ3v) is 5.49. The third-order valence-electron chi connectivity index (χ3n) is 3.48. The molecule has 8 nitrogen and oxygen atoms in total. The van der Waals surface area contributed by atoms with E-state index in [1.54, 1.807) is 13.4 Å². The second-order valence-electron chi connectivity index (χ2n) is 5.44. The fraction of sp³-hybridized carbons (Fsp3) is 0.278. The van der Waals surface area contributed by atoms with Crippen LogP contribution in [0.3, 0.4) is 0 Å². The summed E-state index contributed by atoms with van der Waals surface area (Å²) >= 11 is 2.74. The zero-order valence-electron chi connectivity index (χ0n) is 15.2. The summed E-state index contributed by atoms with van der Waals surface area (Å²) in [6.45, 7) is 1.30. The number of methoxy groups -OCH3 is 1. The van der Waals surface area contributed by atoms with Gasteiger partial charge in [-0.15, -0.1) is 10.2 Å². The van der Waals surface area contributed by atoms with Gasteiger partial charge in [0.25, 0.3) is 0 Å². The van der Waals surface area contributed by atoms with E-state index in [9.17, 15) is 4.79 Å². The molecule has 28 heavy (non-hydrogen) atoms. The maximum atomic E-state index is 12.0. The predicted octanol–water partition coefficient (Wildman–Crippen LogP) is 3.04. The maximum absolute atomic E-state index is 12.0. The quantitative estimate of drug-likeness (QED) is 0.361. The van der Waals surface area contributed by atoms with E-state index in [0.29, 0.717) is 36.3 Å². The van der Waals surface area contributed by atoms with Gasteiger partial charge in [0.15, 0.2) is 15.8 Å². The van der Waals surface area contributed by atoms with E-state index in [-0.39, 0.29) is 11.7 Å². The molecule has 0 fully saturated rings. The molecule has 0 atom stereocenters. The average Bonchev–Trinajstić information content (AvgIpc) is 3.40. The fourth-order valence-electron chi connectivity index (χ4n) is 2.18. The van der Waals surface area contributed by atoms with Gasteiger partial charge in [0, 0.05) is 0 Å². The highest BCUT2D eigenvalue weighted by atomic mass is 32.2. The monoisotopic (exact) mass is 420 g/mol. The molecule has 0 aliphatic rings. The van der Waals surface area contributed by atoms with Crippen molar-refractivity contribution in [2.45, 2.75) is 10.9 Å². The van der Waals surface area contributed by atoms with E-state index in [1.165, 1.54) is 23.1 Å². The van der Waals surface area contributed by atoms with Gasteiger partial charge in [-0.3, -0.25) is 4.79 Å². The van der Waals surface area contributed by atoms with E-state index in [4.69, 9.17) is 13.9 Å². The van der Waals surface area contributed by atoms with Crippen molar-refractivity contribution in [3.05, 3.63) is 48.4 Å². The molecule has 0 aliphatic carbocycles. The molecule has 0 saturated heterocycles. The van der Waals surface area contributed by atoms with Gasteiger partial charge >= 0.3 is 0 Å². The number of hydrogen-bond donors (Lipinski definition) is 2. The molecule has 1 amide bonds. The molecule has 10 heteroatoms. The molecular formula is C18H20N4O4S2. The van der Waals surface area contributed by atoms with Crippen LogP contribution in [-0.4, -0.2) is 42.1 Å². The predicted molar refractivity (Wildman–Crippen MR) is 108 cm³/mol. The number of rotatable bonds is 11. The first-order valence-electron chi connectivity index (χ1n) is 8.49. The van der Waals surface area contributed by atoms with Gasteiger partial charge in [0.05, 0.1) is 32.2 Å². The summed E-state index contributed by atoms with van der Waals surface area (Å²) in [7, 11) is 1.59. The van der Waals surface area contributed by atoms with Crippen LogP contribution in [-0.2, 0) is 11.3 Å². The van der Waals surface area contributed by atoms with Crippen LogP contribution in [0.5, 0.6) is 11.5 Å². The van der Waals surface area contributed by atoms with Crippen molar-refractivity contribution in [3.63, 3.8) is 0 Å². The smallest absolute Gasteiger partial charge is 0.230 e. The molecule has 3 aromatic rings. The maximum Gasteiger partial charge on any atom is 0.230 e. The number of nitrogens with one attached hydrogen (secondary N) is 2. The number of carbonyl (C=O) groups is 1. The Morgan fingerprint density at radius 3 is 2.86 bits per heavy atom.